The fourth-order valence-corrected chi connectivity index (χ4v) is 2.90. The third kappa shape index (κ3) is 3.62. The van der Waals surface area contributed by atoms with E-state index in [1.165, 1.54) is 13.5 Å². The van der Waals surface area contributed by atoms with Gasteiger partial charge in [0.05, 0.1) is 19.3 Å². The predicted octanol–water partition coefficient (Wildman–Crippen LogP) is 3.20. The van der Waals surface area contributed by atoms with E-state index in [0.717, 1.165) is 25.7 Å². The molecule has 0 heterocycles. The number of halogens is 2. The molecular formula is C15H23ClFNO2. The van der Waals surface area contributed by atoms with Gasteiger partial charge in [-0.3, -0.25) is 0 Å². The third-order valence-corrected chi connectivity index (χ3v) is 4.07. The Morgan fingerprint density at radius 3 is 2.55 bits per heavy atom. The van der Waals surface area contributed by atoms with Crippen LogP contribution in [0.2, 0.25) is 0 Å². The number of aliphatic hydroxyl groups is 1. The van der Waals surface area contributed by atoms with Crippen molar-refractivity contribution < 1.29 is 14.2 Å². The molecule has 20 heavy (non-hydrogen) atoms. The molecule has 1 aromatic carbocycles. The minimum atomic E-state index is -0.696. The zero-order valence-corrected chi connectivity index (χ0v) is 12.5. The summed E-state index contributed by atoms with van der Waals surface area (Å²) in [6.45, 7) is 0. The van der Waals surface area contributed by atoms with Crippen molar-refractivity contribution in [3.05, 3.63) is 29.6 Å². The van der Waals surface area contributed by atoms with E-state index in [2.05, 4.69) is 0 Å². The van der Waals surface area contributed by atoms with E-state index in [9.17, 15) is 9.50 Å². The summed E-state index contributed by atoms with van der Waals surface area (Å²) in [5, 5.41) is 10.4. The van der Waals surface area contributed by atoms with Crippen molar-refractivity contribution in [2.24, 2.45) is 11.7 Å². The molecule has 1 saturated carbocycles. The predicted molar refractivity (Wildman–Crippen MR) is 79.7 cm³/mol. The molecule has 0 aromatic heterocycles. The standard InChI is InChI=1S/C15H22FNO2.ClH/c1-19-12-9-5-8-11(13(12)16)14(17)15(18)10-6-3-2-4-7-10;/h5,8-10,14-15,18H,2-4,6-7,17H2,1H3;1H/t14-,15+;/m0./s1. The first-order valence-electron chi connectivity index (χ1n) is 6.91. The minimum Gasteiger partial charge on any atom is -0.494 e. The number of methoxy groups -OCH3 is 1. The first kappa shape index (κ1) is 17.2. The van der Waals surface area contributed by atoms with Crippen LogP contribution in [0.5, 0.6) is 5.75 Å². The Hall–Kier alpha value is -0.840. The van der Waals surface area contributed by atoms with Crippen LogP contribution in [0.3, 0.4) is 0 Å². The Labute approximate surface area is 125 Å². The first-order chi connectivity index (χ1) is 9.15. The van der Waals surface area contributed by atoms with Gasteiger partial charge in [-0.2, -0.15) is 0 Å². The second-order valence-corrected chi connectivity index (χ2v) is 5.28. The number of hydrogen-bond acceptors (Lipinski definition) is 3. The van der Waals surface area contributed by atoms with Crippen molar-refractivity contribution in [3.8, 4) is 5.75 Å². The highest BCUT2D eigenvalue weighted by Gasteiger charge is 2.29. The number of hydrogen-bond donors (Lipinski definition) is 2. The van der Waals surface area contributed by atoms with E-state index < -0.39 is 18.0 Å². The van der Waals surface area contributed by atoms with Gasteiger partial charge in [0.25, 0.3) is 0 Å². The van der Waals surface area contributed by atoms with Gasteiger partial charge in [0, 0.05) is 5.56 Å². The molecule has 0 aliphatic heterocycles. The topological polar surface area (TPSA) is 55.5 Å². The van der Waals surface area contributed by atoms with E-state index in [-0.39, 0.29) is 24.1 Å². The fraction of sp³-hybridized carbons (Fsp3) is 0.600. The summed E-state index contributed by atoms with van der Waals surface area (Å²) in [7, 11) is 1.42. The molecule has 114 valence electrons. The smallest absolute Gasteiger partial charge is 0.169 e. The van der Waals surface area contributed by atoms with Crippen molar-refractivity contribution in [1.29, 1.82) is 0 Å². The van der Waals surface area contributed by atoms with E-state index in [4.69, 9.17) is 10.5 Å². The van der Waals surface area contributed by atoms with Crippen LogP contribution in [0.15, 0.2) is 18.2 Å². The zero-order valence-electron chi connectivity index (χ0n) is 11.7. The molecule has 0 spiro atoms. The van der Waals surface area contributed by atoms with Crippen molar-refractivity contribution in [1.82, 2.24) is 0 Å². The average molecular weight is 304 g/mol. The molecule has 0 amide bonds. The normalized spacial score (nSPS) is 19.0. The highest BCUT2D eigenvalue weighted by atomic mass is 35.5. The van der Waals surface area contributed by atoms with Crippen molar-refractivity contribution in [3.63, 3.8) is 0 Å². The molecule has 1 aliphatic rings. The molecule has 1 aromatic rings. The van der Waals surface area contributed by atoms with Gasteiger partial charge in [0.1, 0.15) is 0 Å². The largest absolute Gasteiger partial charge is 0.494 e. The third-order valence-electron chi connectivity index (χ3n) is 4.07. The monoisotopic (exact) mass is 303 g/mol. The molecular weight excluding hydrogens is 281 g/mol. The van der Waals surface area contributed by atoms with E-state index in [1.54, 1.807) is 18.2 Å². The zero-order chi connectivity index (χ0) is 13.8. The summed E-state index contributed by atoms with van der Waals surface area (Å²) in [5.74, 6) is -0.120. The highest BCUT2D eigenvalue weighted by Crippen LogP contribution is 2.33. The van der Waals surface area contributed by atoms with Crippen LogP contribution < -0.4 is 10.5 Å². The van der Waals surface area contributed by atoms with Crippen molar-refractivity contribution >= 4 is 12.4 Å². The molecule has 2 atom stereocenters. The summed E-state index contributed by atoms with van der Waals surface area (Å²) in [6, 6.07) is 4.18. The molecule has 0 radical (unpaired) electrons. The lowest BCUT2D eigenvalue weighted by atomic mass is 9.81. The highest BCUT2D eigenvalue weighted by molar-refractivity contribution is 5.85. The van der Waals surface area contributed by atoms with Crippen molar-refractivity contribution in [2.45, 2.75) is 44.2 Å². The minimum absolute atomic E-state index is 0. The molecule has 0 bridgehead atoms. The average Bonchev–Trinajstić information content (AvgIpc) is 2.47. The summed E-state index contributed by atoms with van der Waals surface area (Å²) < 4.78 is 19.1. The summed E-state index contributed by atoms with van der Waals surface area (Å²) in [6.07, 6.45) is 4.71. The SMILES string of the molecule is COc1cccc([C@H](N)[C@H](O)C2CCCCC2)c1F.Cl. The molecule has 3 N–H and O–H groups in total. The number of aliphatic hydroxyl groups excluding tert-OH is 1. The quantitative estimate of drug-likeness (QED) is 0.898. The summed E-state index contributed by atoms with van der Waals surface area (Å²) in [5.41, 5.74) is 6.38. The van der Waals surface area contributed by atoms with Gasteiger partial charge >= 0.3 is 0 Å². The lowest BCUT2D eigenvalue weighted by Gasteiger charge is -2.30. The lowest BCUT2D eigenvalue weighted by Crippen LogP contribution is -2.34. The molecule has 2 rings (SSSR count). The maximum absolute atomic E-state index is 14.1. The van der Waals surface area contributed by atoms with Crippen LogP contribution in [0.4, 0.5) is 4.39 Å². The Morgan fingerprint density at radius 2 is 1.95 bits per heavy atom. The van der Waals surface area contributed by atoms with Crippen LogP contribution in [0.1, 0.15) is 43.7 Å². The first-order valence-corrected chi connectivity index (χ1v) is 6.91. The number of benzene rings is 1. The summed E-state index contributed by atoms with van der Waals surface area (Å²) >= 11 is 0. The van der Waals surface area contributed by atoms with Crippen LogP contribution in [0.25, 0.3) is 0 Å². The Bertz CT molecular complexity index is 424. The van der Waals surface area contributed by atoms with Crippen LogP contribution >= 0.6 is 12.4 Å². The number of nitrogens with two attached hydrogens (primary N) is 1. The van der Waals surface area contributed by atoms with Gasteiger partial charge in [0.15, 0.2) is 11.6 Å². The molecule has 1 fully saturated rings. The van der Waals surface area contributed by atoms with Gasteiger partial charge in [-0.15, -0.1) is 12.4 Å². The van der Waals surface area contributed by atoms with Gasteiger partial charge in [-0.05, 0) is 24.8 Å². The van der Waals surface area contributed by atoms with E-state index in [1.807, 2.05) is 0 Å². The van der Waals surface area contributed by atoms with E-state index in [0.29, 0.717) is 5.56 Å². The van der Waals surface area contributed by atoms with Gasteiger partial charge in [-0.25, -0.2) is 4.39 Å². The molecule has 0 saturated heterocycles. The van der Waals surface area contributed by atoms with Crippen LogP contribution in [-0.2, 0) is 0 Å². The van der Waals surface area contributed by atoms with Crippen LogP contribution in [0, 0.1) is 11.7 Å². The molecule has 3 nitrogen and oxygen atoms in total. The van der Waals surface area contributed by atoms with Gasteiger partial charge in [-0.1, -0.05) is 31.4 Å². The second kappa shape index (κ2) is 7.81. The molecule has 5 heteroatoms. The Balaban J connectivity index is 0.00000200. The molecule has 1 aliphatic carbocycles. The fourth-order valence-electron chi connectivity index (χ4n) is 2.90. The van der Waals surface area contributed by atoms with Gasteiger partial charge in [0.2, 0.25) is 0 Å². The van der Waals surface area contributed by atoms with E-state index >= 15 is 0 Å². The maximum atomic E-state index is 14.1. The summed E-state index contributed by atoms with van der Waals surface area (Å²) in [4.78, 5) is 0. The second-order valence-electron chi connectivity index (χ2n) is 5.28. The Morgan fingerprint density at radius 1 is 1.30 bits per heavy atom. The maximum Gasteiger partial charge on any atom is 0.169 e. The number of rotatable bonds is 4. The van der Waals surface area contributed by atoms with Crippen molar-refractivity contribution in [2.75, 3.05) is 7.11 Å². The Kier molecular flexibility index (Phi) is 6.72. The van der Waals surface area contributed by atoms with Gasteiger partial charge < -0.3 is 15.6 Å². The number of ether oxygens (including phenoxy) is 1. The van der Waals surface area contributed by atoms with Crippen LogP contribution in [-0.4, -0.2) is 18.3 Å². The lowest BCUT2D eigenvalue weighted by molar-refractivity contribution is 0.0606. The molecule has 0 unspecified atom stereocenters.